The van der Waals surface area contributed by atoms with Gasteiger partial charge < -0.3 is 15.5 Å². The van der Waals surface area contributed by atoms with Crippen LogP contribution in [0.15, 0.2) is 30.5 Å². The van der Waals surface area contributed by atoms with Gasteiger partial charge in [-0.05, 0) is 37.5 Å². The van der Waals surface area contributed by atoms with Gasteiger partial charge in [0.15, 0.2) is 5.65 Å². The van der Waals surface area contributed by atoms with Gasteiger partial charge in [-0.2, -0.15) is 22.8 Å². The van der Waals surface area contributed by atoms with Gasteiger partial charge in [0.25, 0.3) is 0 Å². The summed E-state index contributed by atoms with van der Waals surface area (Å²) < 4.78 is 39.9. The molecule has 0 bridgehead atoms. The van der Waals surface area contributed by atoms with E-state index in [-0.39, 0.29) is 5.92 Å². The number of fused-ring (bicyclic) bond motifs is 1. The molecule has 1 radical (unpaired) electrons. The molecule has 0 amide bonds. The molecule has 0 aromatic carbocycles. The summed E-state index contributed by atoms with van der Waals surface area (Å²) in [7, 11) is 0. The second kappa shape index (κ2) is 6.47. The number of rotatable bonds is 3. The fourth-order valence-electron chi connectivity index (χ4n) is 3.21. The molecule has 3 aromatic rings. The van der Waals surface area contributed by atoms with Crippen LogP contribution in [0.5, 0.6) is 0 Å². The highest BCUT2D eigenvalue weighted by atomic mass is 32.1. The van der Waals surface area contributed by atoms with Crippen molar-refractivity contribution >= 4 is 22.8 Å². The molecule has 0 aliphatic heterocycles. The van der Waals surface area contributed by atoms with E-state index in [0.29, 0.717) is 39.8 Å². The number of hydrogen-bond donors (Lipinski definition) is 3. The highest BCUT2D eigenvalue weighted by Crippen LogP contribution is 2.38. The van der Waals surface area contributed by atoms with Crippen molar-refractivity contribution in [2.45, 2.75) is 30.8 Å². The van der Waals surface area contributed by atoms with Gasteiger partial charge >= 0.3 is 6.18 Å². The topological polar surface area (TPSA) is 82.7 Å². The second-order valence-corrected chi connectivity index (χ2v) is 7.60. The lowest BCUT2D eigenvalue weighted by Crippen LogP contribution is -2.35. The Hall–Kier alpha value is -2.17. The predicted molar refractivity (Wildman–Crippen MR) is 94.2 cm³/mol. The molecule has 1 saturated carbocycles. The molecule has 1 aliphatic rings. The van der Waals surface area contributed by atoms with Crippen molar-refractivity contribution in [3.8, 4) is 10.6 Å². The number of alkyl halides is 3. The molecule has 4 atom stereocenters. The number of aliphatic hydroxyl groups is 2. The zero-order valence-corrected chi connectivity index (χ0v) is 14.7. The highest BCUT2D eigenvalue weighted by Gasteiger charge is 2.39. The summed E-state index contributed by atoms with van der Waals surface area (Å²) >= 11 is 0.618. The van der Waals surface area contributed by atoms with E-state index in [1.165, 1.54) is 16.8 Å². The fraction of sp³-hybridized carbons (Fsp3) is 0.353. The Morgan fingerprint density at radius 3 is 2.63 bits per heavy atom. The van der Waals surface area contributed by atoms with E-state index in [9.17, 15) is 23.4 Å². The summed E-state index contributed by atoms with van der Waals surface area (Å²) in [4.78, 5) is 3.88. The Labute approximate surface area is 156 Å². The fourth-order valence-corrected chi connectivity index (χ4v) is 4.04. The van der Waals surface area contributed by atoms with Gasteiger partial charge in [0.1, 0.15) is 22.5 Å². The average molecular weight is 397 g/mol. The molecule has 0 unspecified atom stereocenters. The van der Waals surface area contributed by atoms with Crippen LogP contribution in [0.2, 0.25) is 0 Å². The second-order valence-electron chi connectivity index (χ2n) is 6.52. The molecular weight excluding hydrogens is 381 g/mol. The maximum atomic E-state index is 12.8. The van der Waals surface area contributed by atoms with Crippen LogP contribution < -0.4 is 5.32 Å². The Kier molecular flexibility index (Phi) is 4.36. The Bertz CT molecular complexity index is 971. The third-order valence-corrected chi connectivity index (χ3v) is 5.78. The number of thiophene rings is 1. The third kappa shape index (κ3) is 3.28. The van der Waals surface area contributed by atoms with Gasteiger partial charge in [0.05, 0.1) is 17.0 Å². The van der Waals surface area contributed by atoms with Crippen molar-refractivity contribution in [2.75, 3.05) is 5.32 Å². The van der Waals surface area contributed by atoms with Gasteiger partial charge in [-0.25, -0.2) is 4.98 Å². The van der Waals surface area contributed by atoms with E-state index in [2.05, 4.69) is 22.3 Å². The lowest BCUT2D eigenvalue weighted by molar-refractivity contribution is -0.134. The first-order valence-corrected chi connectivity index (χ1v) is 9.03. The van der Waals surface area contributed by atoms with Crippen LogP contribution in [0.1, 0.15) is 11.3 Å². The predicted octanol–water partition coefficient (Wildman–Crippen LogP) is 2.83. The molecule has 1 fully saturated rings. The molecule has 10 heteroatoms. The highest BCUT2D eigenvalue weighted by molar-refractivity contribution is 7.15. The minimum absolute atomic E-state index is 0.296. The molecule has 3 heterocycles. The summed E-state index contributed by atoms with van der Waals surface area (Å²) in [5, 5.41) is 27.5. The third-order valence-electron chi connectivity index (χ3n) is 4.63. The minimum atomic E-state index is -4.39. The monoisotopic (exact) mass is 397 g/mol. The van der Waals surface area contributed by atoms with Crippen LogP contribution >= 0.6 is 11.3 Å². The van der Waals surface area contributed by atoms with Crippen LogP contribution in [-0.2, 0) is 6.18 Å². The molecule has 1 aliphatic carbocycles. The molecule has 6 nitrogen and oxygen atoms in total. The summed E-state index contributed by atoms with van der Waals surface area (Å²) in [6.07, 6.45) is -4.27. The number of halogens is 3. The SMILES string of the molecule is [CH2][C@@H]1C[C@@H](Nc2ccnc3cc(-c4ccc(C(F)(F)F)s4)nn23)[C@H](O)[C@@H]1O. The zero-order chi connectivity index (χ0) is 19.3. The van der Waals surface area contributed by atoms with E-state index in [1.54, 1.807) is 12.1 Å². The van der Waals surface area contributed by atoms with E-state index < -0.39 is 29.3 Å². The van der Waals surface area contributed by atoms with Gasteiger partial charge in [0, 0.05) is 12.3 Å². The molecule has 0 saturated heterocycles. The van der Waals surface area contributed by atoms with Gasteiger partial charge in [-0.15, -0.1) is 11.3 Å². The quantitative estimate of drug-likeness (QED) is 0.633. The van der Waals surface area contributed by atoms with Crippen LogP contribution in [-0.4, -0.2) is 43.1 Å². The first kappa shape index (κ1) is 18.2. The van der Waals surface area contributed by atoms with Crippen LogP contribution in [0, 0.1) is 12.8 Å². The van der Waals surface area contributed by atoms with Crippen LogP contribution in [0.25, 0.3) is 16.2 Å². The minimum Gasteiger partial charge on any atom is -0.390 e. The molecule has 3 aromatic heterocycles. The molecule has 3 N–H and O–H groups in total. The van der Waals surface area contributed by atoms with Crippen molar-refractivity contribution < 1.29 is 23.4 Å². The maximum absolute atomic E-state index is 12.8. The smallest absolute Gasteiger partial charge is 0.390 e. The first-order valence-electron chi connectivity index (χ1n) is 8.22. The number of nitrogens with one attached hydrogen (secondary N) is 1. The molecule has 143 valence electrons. The first-order chi connectivity index (χ1) is 12.7. The Morgan fingerprint density at radius 2 is 2.00 bits per heavy atom. The standard InChI is InChI=1S/C17H16F3N4O2S/c1-8-6-10(16(26)15(8)25)22-13-4-5-21-14-7-9(23-24(13)14)11-2-3-12(27-11)17(18,19)20/h2-5,7-8,10,15-16,22,25-26H,1,6H2/t8-,10-,15-,16+/m1/s1. The number of nitrogens with zero attached hydrogens (tertiary/aromatic N) is 3. The molecule has 0 spiro atoms. The van der Waals surface area contributed by atoms with Crippen molar-refractivity contribution in [1.82, 2.24) is 14.6 Å². The lowest BCUT2D eigenvalue weighted by Gasteiger charge is -2.19. The molecular formula is C17H16F3N4O2S. The van der Waals surface area contributed by atoms with Gasteiger partial charge in [-0.3, -0.25) is 0 Å². The van der Waals surface area contributed by atoms with Gasteiger partial charge in [-0.1, -0.05) is 0 Å². The van der Waals surface area contributed by atoms with Crippen LogP contribution in [0.3, 0.4) is 0 Å². The largest absolute Gasteiger partial charge is 0.425 e. The van der Waals surface area contributed by atoms with E-state index in [4.69, 9.17) is 0 Å². The summed E-state index contributed by atoms with van der Waals surface area (Å²) in [5.74, 6) is 0.221. The lowest BCUT2D eigenvalue weighted by atomic mass is 10.1. The summed E-state index contributed by atoms with van der Waals surface area (Å²) in [5.41, 5.74) is 0.829. The normalized spacial score (nSPS) is 26.0. The summed E-state index contributed by atoms with van der Waals surface area (Å²) in [6, 6.07) is 5.24. The number of anilines is 1. The molecule has 27 heavy (non-hydrogen) atoms. The maximum Gasteiger partial charge on any atom is 0.425 e. The Balaban J connectivity index is 1.66. The number of aliphatic hydroxyl groups excluding tert-OH is 2. The summed E-state index contributed by atoms with van der Waals surface area (Å²) in [6.45, 7) is 3.81. The van der Waals surface area contributed by atoms with E-state index in [0.717, 1.165) is 6.07 Å². The zero-order valence-electron chi connectivity index (χ0n) is 13.9. The number of hydrogen-bond acceptors (Lipinski definition) is 6. The van der Waals surface area contributed by atoms with Crippen molar-refractivity contribution in [2.24, 2.45) is 5.92 Å². The average Bonchev–Trinajstić information content (AvgIpc) is 3.30. The van der Waals surface area contributed by atoms with E-state index in [1.807, 2.05) is 0 Å². The van der Waals surface area contributed by atoms with Crippen LogP contribution in [0.4, 0.5) is 19.0 Å². The van der Waals surface area contributed by atoms with Gasteiger partial charge in [0.2, 0.25) is 0 Å². The number of aromatic nitrogens is 3. The van der Waals surface area contributed by atoms with E-state index >= 15 is 0 Å². The molecule has 4 rings (SSSR count). The Morgan fingerprint density at radius 1 is 1.22 bits per heavy atom. The van der Waals surface area contributed by atoms with Crippen molar-refractivity contribution in [3.05, 3.63) is 42.3 Å². The van der Waals surface area contributed by atoms with Crippen molar-refractivity contribution in [1.29, 1.82) is 0 Å². The van der Waals surface area contributed by atoms with Crippen molar-refractivity contribution in [3.63, 3.8) is 0 Å².